The van der Waals surface area contributed by atoms with Crippen LogP contribution < -0.4 is 11.1 Å². The molecular formula is C10H18N2O4. The molecule has 0 unspecified atom stereocenters. The van der Waals surface area contributed by atoms with Crippen LogP contribution in [0.1, 0.15) is 32.6 Å². The normalized spacial score (nSPS) is 19.1. The van der Waals surface area contributed by atoms with Crippen molar-refractivity contribution >= 4 is 11.9 Å². The van der Waals surface area contributed by atoms with Crippen molar-refractivity contribution in [3.63, 3.8) is 0 Å². The van der Waals surface area contributed by atoms with E-state index in [1.807, 2.05) is 6.92 Å². The van der Waals surface area contributed by atoms with E-state index in [2.05, 4.69) is 5.32 Å². The molecule has 4 N–H and O–H groups in total. The molecule has 92 valence electrons. The predicted molar refractivity (Wildman–Crippen MR) is 56.6 cm³/mol. The topological polar surface area (TPSA) is 102 Å². The van der Waals surface area contributed by atoms with Gasteiger partial charge in [-0.25, -0.2) is 0 Å². The summed E-state index contributed by atoms with van der Waals surface area (Å²) in [5, 5.41) is 11.9. The van der Waals surface area contributed by atoms with Gasteiger partial charge in [0, 0.05) is 13.0 Å². The summed E-state index contributed by atoms with van der Waals surface area (Å²) in [6, 6.07) is -0.776. The smallest absolute Gasteiger partial charge is 0.320 e. The second kappa shape index (κ2) is 5.27. The van der Waals surface area contributed by atoms with Gasteiger partial charge in [0.1, 0.15) is 11.8 Å². The Balaban J connectivity index is 2.45. The molecule has 0 heterocycles. The van der Waals surface area contributed by atoms with E-state index in [1.165, 1.54) is 0 Å². The van der Waals surface area contributed by atoms with Crippen molar-refractivity contribution in [2.45, 2.75) is 44.4 Å². The summed E-state index contributed by atoms with van der Waals surface area (Å²) in [5.74, 6) is -1.47. The number of nitrogens with two attached hydrogens (primary N) is 1. The van der Waals surface area contributed by atoms with Crippen LogP contribution in [-0.2, 0) is 14.3 Å². The lowest BCUT2D eigenvalue weighted by atomic mass is 10.1. The van der Waals surface area contributed by atoms with Gasteiger partial charge in [0.15, 0.2) is 0 Å². The number of carbonyl (C=O) groups is 2. The zero-order valence-electron chi connectivity index (χ0n) is 9.36. The van der Waals surface area contributed by atoms with Crippen LogP contribution in [0.25, 0.3) is 0 Å². The van der Waals surface area contributed by atoms with Crippen molar-refractivity contribution < 1.29 is 19.4 Å². The Hall–Kier alpha value is -1.14. The molecule has 0 aromatic heterocycles. The van der Waals surface area contributed by atoms with E-state index in [0.717, 1.165) is 12.8 Å². The predicted octanol–water partition coefficient (Wildman–Crippen LogP) is -0.179. The molecule has 1 amide bonds. The highest BCUT2D eigenvalue weighted by atomic mass is 16.5. The number of amides is 1. The van der Waals surface area contributed by atoms with E-state index in [1.54, 1.807) is 0 Å². The van der Waals surface area contributed by atoms with Gasteiger partial charge < -0.3 is 15.6 Å². The van der Waals surface area contributed by atoms with Gasteiger partial charge in [-0.3, -0.25) is 14.9 Å². The summed E-state index contributed by atoms with van der Waals surface area (Å²) in [7, 11) is 0. The summed E-state index contributed by atoms with van der Waals surface area (Å²) >= 11 is 0. The molecule has 0 aromatic rings. The van der Waals surface area contributed by atoms with Gasteiger partial charge in [0.05, 0.1) is 0 Å². The maximum Gasteiger partial charge on any atom is 0.320 e. The maximum absolute atomic E-state index is 11.0. The summed E-state index contributed by atoms with van der Waals surface area (Å²) in [5.41, 5.74) is 4.50. The van der Waals surface area contributed by atoms with Gasteiger partial charge >= 0.3 is 5.97 Å². The molecule has 1 atom stereocenters. The third-order valence-corrected chi connectivity index (χ3v) is 2.54. The van der Waals surface area contributed by atoms with Crippen LogP contribution in [-0.4, -0.2) is 35.4 Å². The Morgan fingerprint density at radius 2 is 2.19 bits per heavy atom. The van der Waals surface area contributed by atoms with E-state index >= 15 is 0 Å². The Morgan fingerprint density at radius 1 is 1.56 bits per heavy atom. The van der Waals surface area contributed by atoms with Gasteiger partial charge in [0.25, 0.3) is 0 Å². The van der Waals surface area contributed by atoms with Crippen LogP contribution in [0.15, 0.2) is 0 Å². The van der Waals surface area contributed by atoms with E-state index < -0.39 is 23.6 Å². The Morgan fingerprint density at radius 3 is 2.56 bits per heavy atom. The van der Waals surface area contributed by atoms with Crippen molar-refractivity contribution in [3.05, 3.63) is 0 Å². The first-order valence-corrected chi connectivity index (χ1v) is 5.42. The van der Waals surface area contributed by atoms with Crippen molar-refractivity contribution in [3.8, 4) is 0 Å². The first-order chi connectivity index (χ1) is 7.49. The molecule has 0 aliphatic heterocycles. The fourth-order valence-electron chi connectivity index (χ4n) is 1.58. The average molecular weight is 230 g/mol. The fraction of sp³-hybridized carbons (Fsp3) is 0.800. The number of aliphatic carboxylic acids is 1. The zero-order chi connectivity index (χ0) is 12.2. The van der Waals surface area contributed by atoms with Crippen molar-refractivity contribution in [2.24, 2.45) is 5.73 Å². The molecule has 0 radical (unpaired) electrons. The summed E-state index contributed by atoms with van der Waals surface area (Å²) in [6.07, 6.45) is 1.87. The van der Waals surface area contributed by atoms with E-state index in [-0.39, 0.29) is 12.8 Å². The highest BCUT2D eigenvalue weighted by Gasteiger charge is 2.46. The Labute approximate surface area is 94.1 Å². The molecular weight excluding hydrogens is 212 g/mol. The van der Waals surface area contributed by atoms with Crippen LogP contribution in [0.4, 0.5) is 0 Å². The minimum Gasteiger partial charge on any atom is -0.480 e. The lowest BCUT2D eigenvalue weighted by Crippen LogP contribution is -2.46. The molecule has 1 aliphatic carbocycles. The average Bonchev–Trinajstić information content (AvgIpc) is 2.93. The third kappa shape index (κ3) is 3.79. The van der Waals surface area contributed by atoms with Crippen LogP contribution in [0.3, 0.4) is 0 Å². The SMILES string of the molecule is CCOC1(N[C@@H](CCC(N)=O)C(=O)O)CC1. The molecule has 6 heteroatoms. The first-order valence-electron chi connectivity index (χ1n) is 5.42. The van der Waals surface area contributed by atoms with Crippen LogP contribution in [0.5, 0.6) is 0 Å². The molecule has 6 nitrogen and oxygen atoms in total. The summed E-state index contributed by atoms with van der Waals surface area (Å²) in [6.45, 7) is 2.40. The second-order valence-corrected chi connectivity index (χ2v) is 3.97. The molecule has 0 spiro atoms. The molecule has 1 rings (SSSR count). The molecule has 1 saturated carbocycles. The van der Waals surface area contributed by atoms with Crippen molar-refractivity contribution in [1.82, 2.24) is 5.32 Å². The number of hydrogen-bond donors (Lipinski definition) is 3. The second-order valence-electron chi connectivity index (χ2n) is 3.97. The van der Waals surface area contributed by atoms with Gasteiger partial charge in [0.2, 0.25) is 5.91 Å². The summed E-state index contributed by atoms with van der Waals surface area (Å²) in [4.78, 5) is 21.6. The largest absolute Gasteiger partial charge is 0.480 e. The highest BCUT2D eigenvalue weighted by molar-refractivity contribution is 5.77. The number of carbonyl (C=O) groups excluding carboxylic acids is 1. The Bertz CT molecular complexity index is 276. The van der Waals surface area contributed by atoms with E-state index in [9.17, 15) is 9.59 Å². The maximum atomic E-state index is 11.0. The van der Waals surface area contributed by atoms with Crippen LogP contribution >= 0.6 is 0 Å². The summed E-state index contributed by atoms with van der Waals surface area (Å²) < 4.78 is 5.44. The van der Waals surface area contributed by atoms with Crippen LogP contribution in [0.2, 0.25) is 0 Å². The molecule has 0 aromatic carbocycles. The lowest BCUT2D eigenvalue weighted by molar-refractivity contribution is -0.141. The molecule has 16 heavy (non-hydrogen) atoms. The van der Waals surface area contributed by atoms with Crippen LogP contribution in [0, 0.1) is 0 Å². The number of carboxylic acids is 1. The lowest BCUT2D eigenvalue weighted by Gasteiger charge is -2.22. The van der Waals surface area contributed by atoms with Gasteiger partial charge in [-0.2, -0.15) is 0 Å². The minimum absolute atomic E-state index is 0.0617. The van der Waals surface area contributed by atoms with E-state index in [0.29, 0.717) is 6.61 Å². The third-order valence-electron chi connectivity index (χ3n) is 2.54. The number of hydrogen-bond acceptors (Lipinski definition) is 4. The Kier molecular flexibility index (Phi) is 4.26. The quantitative estimate of drug-likeness (QED) is 0.502. The monoisotopic (exact) mass is 230 g/mol. The van der Waals surface area contributed by atoms with Gasteiger partial charge in [-0.05, 0) is 26.2 Å². The molecule has 1 fully saturated rings. The molecule has 0 bridgehead atoms. The molecule has 0 saturated heterocycles. The van der Waals surface area contributed by atoms with Gasteiger partial charge in [-0.1, -0.05) is 0 Å². The fourth-order valence-corrected chi connectivity index (χ4v) is 1.58. The number of rotatable bonds is 8. The zero-order valence-corrected chi connectivity index (χ0v) is 9.36. The standard InChI is InChI=1S/C10H18N2O4/c1-2-16-10(5-6-10)12-7(9(14)15)3-4-8(11)13/h7,12H,2-6H2,1H3,(H2,11,13)(H,14,15)/t7-/m0/s1. The minimum atomic E-state index is -0.979. The first kappa shape index (κ1) is 12.9. The highest BCUT2D eigenvalue weighted by Crippen LogP contribution is 2.37. The number of primary amides is 1. The van der Waals surface area contributed by atoms with Crippen molar-refractivity contribution in [2.75, 3.05) is 6.61 Å². The van der Waals surface area contributed by atoms with Crippen molar-refractivity contribution in [1.29, 1.82) is 0 Å². The van der Waals surface area contributed by atoms with E-state index in [4.69, 9.17) is 15.6 Å². The number of ether oxygens (including phenoxy) is 1. The number of carboxylic acid groups (broad SMARTS) is 1. The van der Waals surface area contributed by atoms with Gasteiger partial charge in [-0.15, -0.1) is 0 Å². The molecule has 1 aliphatic rings. The number of nitrogens with one attached hydrogen (secondary N) is 1.